The lowest BCUT2D eigenvalue weighted by Crippen LogP contribution is -2.49. The highest BCUT2D eigenvalue weighted by atomic mass is 16.5. The zero-order chi connectivity index (χ0) is 33.2. The summed E-state index contributed by atoms with van der Waals surface area (Å²) in [5.74, 6) is 1.57. The Balaban J connectivity index is 1.08. The van der Waals surface area contributed by atoms with Crippen molar-refractivity contribution in [1.82, 2.24) is 28.8 Å². The number of carbonyl (C=O) groups is 2. The minimum absolute atomic E-state index is 0.0169. The Kier molecular flexibility index (Phi) is 7.46. The third kappa shape index (κ3) is 5.02. The van der Waals surface area contributed by atoms with Gasteiger partial charge in [0.25, 0.3) is 5.56 Å². The molecule has 1 saturated heterocycles. The van der Waals surface area contributed by atoms with Gasteiger partial charge in [-0.3, -0.25) is 23.5 Å². The van der Waals surface area contributed by atoms with E-state index in [0.29, 0.717) is 75.4 Å². The molecule has 4 aliphatic rings. The van der Waals surface area contributed by atoms with Gasteiger partial charge in [-0.2, -0.15) is 5.10 Å². The molecule has 48 heavy (non-hydrogen) atoms. The van der Waals surface area contributed by atoms with Gasteiger partial charge in [0.2, 0.25) is 11.8 Å². The molecule has 3 aliphatic heterocycles. The first kappa shape index (κ1) is 30.5. The van der Waals surface area contributed by atoms with Crippen LogP contribution in [0.3, 0.4) is 0 Å². The molecule has 0 radical (unpaired) electrons. The van der Waals surface area contributed by atoms with Crippen molar-refractivity contribution in [3.8, 4) is 0 Å². The molecule has 1 spiro atoms. The lowest BCUT2D eigenvalue weighted by molar-refractivity contribution is -0.135. The van der Waals surface area contributed by atoms with Crippen LogP contribution in [0.1, 0.15) is 42.0 Å². The number of piperazine rings is 1. The molecule has 1 saturated carbocycles. The van der Waals surface area contributed by atoms with Crippen LogP contribution in [0.2, 0.25) is 0 Å². The average Bonchev–Trinajstić information content (AvgIpc) is 3.62. The number of nitrogens with zero attached hydrogens (tertiary/aromatic N) is 8. The Bertz CT molecular complexity index is 2070. The molecular formula is C35H40N8O5. The molecule has 5 heterocycles. The summed E-state index contributed by atoms with van der Waals surface area (Å²) >= 11 is 0. The predicted octanol–water partition coefficient (Wildman–Crippen LogP) is 1.49. The average molecular weight is 653 g/mol. The Labute approximate surface area is 277 Å². The van der Waals surface area contributed by atoms with Crippen LogP contribution in [0.15, 0.2) is 46.0 Å². The maximum absolute atomic E-state index is 14.1. The highest BCUT2D eigenvalue weighted by Gasteiger charge is 2.58. The minimum atomic E-state index is -0.325. The Hall–Kier alpha value is -4.78. The fourth-order valence-corrected chi connectivity index (χ4v) is 7.75. The van der Waals surface area contributed by atoms with Crippen molar-refractivity contribution in [3.05, 3.63) is 80.0 Å². The number of hydrogen-bond donors (Lipinski definition) is 0. The summed E-state index contributed by atoms with van der Waals surface area (Å²) in [6.45, 7) is 4.02. The quantitative estimate of drug-likeness (QED) is 0.266. The van der Waals surface area contributed by atoms with E-state index in [0.717, 1.165) is 54.0 Å². The van der Waals surface area contributed by atoms with Crippen LogP contribution in [-0.2, 0) is 58.6 Å². The van der Waals surface area contributed by atoms with Gasteiger partial charge in [-0.1, -0.05) is 12.1 Å². The largest absolute Gasteiger partial charge is 0.375 e. The number of methoxy groups -OCH3 is 1. The van der Waals surface area contributed by atoms with E-state index in [9.17, 15) is 19.2 Å². The second-order valence-electron chi connectivity index (χ2n) is 13.5. The van der Waals surface area contributed by atoms with Crippen LogP contribution in [0, 0.1) is 0 Å². The number of benzene rings is 2. The molecule has 2 aromatic carbocycles. The maximum atomic E-state index is 14.1. The van der Waals surface area contributed by atoms with E-state index in [1.165, 1.54) is 11.8 Å². The van der Waals surface area contributed by atoms with Gasteiger partial charge in [-0.25, -0.2) is 14.5 Å². The maximum Gasteiger partial charge on any atom is 0.345 e. The van der Waals surface area contributed by atoms with Crippen LogP contribution in [0.5, 0.6) is 0 Å². The number of rotatable bonds is 9. The first-order chi connectivity index (χ1) is 23.3. The summed E-state index contributed by atoms with van der Waals surface area (Å²) in [6, 6.07) is 12.0. The molecule has 0 N–H and O–H groups in total. The number of carbonyl (C=O) groups excluding carboxylic acids is 2. The second-order valence-corrected chi connectivity index (χ2v) is 13.5. The molecule has 13 heteroatoms. The minimum Gasteiger partial charge on any atom is -0.375 e. The number of likely N-dealkylation sites (N-methyl/N-ethyl adjacent to an activating group) is 1. The van der Waals surface area contributed by atoms with Crippen molar-refractivity contribution in [2.24, 2.45) is 0 Å². The molecule has 2 fully saturated rings. The van der Waals surface area contributed by atoms with Gasteiger partial charge in [0.05, 0.1) is 22.9 Å². The number of hydrogen-bond acceptors (Lipinski definition) is 8. The van der Waals surface area contributed by atoms with Gasteiger partial charge in [-0.15, -0.1) is 0 Å². The van der Waals surface area contributed by atoms with Crippen LogP contribution in [0.25, 0.3) is 10.9 Å². The van der Waals surface area contributed by atoms with Crippen LogP contribution >= 0.6 is 0 Å². The fraction of sp³-hybridized carbons (Fsp3) is 0.486. The van der Waals surface area contributed by atoms with Crippen LogP contribution in [0.4, 0.5) is 11.4 Å². The molecule has 0 atom stereocenters. The topological polar surface area (TPSA) is 128 Å². The van der Waals surface area contributed by atoms with Gasteiger partial charge < -0.3 is 19.4 Å². The van der Waals surface area contributed by atoms with Crippen molar-refractivity contribution in [2.75, 3.05) is 56.7 Å². The van der Waals surface area contributed by atoms with E-state index in [1.54, 1.807) is 14.0 Å². The van der Waals surface area contributed by atoms with Crippen molar-refractivity contribution >= 4 is 34.1 Å². The molecule has 250 valence electrons. The number of anilines is 2. The highest BCUT2D eigenvalue weighted by molar-refractivity contribution is 6.09. The zero-order valence-corrected chi connectivity index (χ0v) is 27.5. The molecule has 13 nitrogen and oxygen atoms in total. The normalized spacial score (nSPS) is 17.9. The molecule has 1 aliphatic carbocycles. The van der Waals surface area contributed by atoms with Gasteiger partial charge in [-0.05, 0) is 61.1 Å². The number of aromatic nitrogens is 5. The van der Waals surface area contributed by atoms with E-state index in [4.69, 9.17) is 9.72 Å². The smallest absolute Gasteiger partial charge is 0.345 e. The van der Waals surface area contributed by atoms with E-state index >= 15 is 0 Å². The lowest BCUT2D eigenvalue weighted by atomic mass is 9.96. The summed E-state index contributed by atoms with van der Waals surface area (Å²) in [5.41, 5.74) is 4.10. The molecule has 0 bridgehead atoms. The predicted molar refractivity (Wildman–Crippen MR) is 180 cm³/mol. The van der Waals surface area contributed by atoms with E-state index in [2.05, 4.69) is 28.2 Å². The number of amides is 2. The van der Waals surface area contributed by atoms with Crippen molar-refractivity contribution in [1.29, 1.82) is 0 Å². The summed E-state index contributed by atoms with van der Waals surface area (Å²) in [7, 11) is 3.37. The standard InChI is InChI=1S/C35H40N8O5/c1-38-28-20-23(5-8-26(28)35(11-12-35)33(38)46)9-14-41-29(10-15-43-34(47)42-13-3-4-30(42)37-43)36-27-21-24(6-7-25(27)32(41)45)39-16-18-40(19-17-39)31(44)22-48-2/h5-8,20-21H,3-4,9-19,22H2,1-2H3. The molecule has 2 amide bonds. The van der Waals surface area contributed by atoms with E-state index < -0.39 is 0 Å². The monoisotopic (exact) mass is 652 g/mol. The van der Waals surface area contributed by atoms with E-state index in [-0.39, 0.29) is 35.1 Å². The zero-order valence-electron chi connectivity index (χ0n) is 27.5. The third-order valence-corrected chi connectivity index (χ3v) is 10.6. The Morgan fingerprint density at radius 3 is 2.52 bits per heavy atom. The number of fused-ring (bicyclic) bond motifs is 4. The van der Waals surface area contributed by atoms with Gasteiger partial charge in [0.1, 0.15) is 18.3 Å². The molecular weight excluding hydrogens is 612 g/mol. The van der Waals surface area contributed by atoms with Crippen molar-refractivity contribution in [2.45, 2.75) is 63.6 Å². The first-order valence-electron chi connectivity index (χ1n) is 16.9. The molecule has 2 aromatic heterocycles. The molecule has 8 rings (SSSR count). The van der Waals surface area contributed by atoms with Crippen LogP contribution in [-0.4, -0.2) is 87.6 Å². The Morgan fingerprint density at radius 1 is 0.958 bits per heavy atom. The summed E-state index contributed by atoms with van der Waals surface area (Å²) in [6.07, 6.45) is 4.49. The molecule has 0 unspecified atom stereocenters. The van der Waals surface area contributed by atoms with Gasteiger partial charge >= 0.3 is 5.69 Å². The third-order valence-electron chi connectivity index (χ3n) is 10.6. The van der Waals surface area contributed by atoms with E-state index in [1.807, 2.05) is 30.1 Å². The summed E-state index contributed by atoms with van der Waals surface area (Å²) < 4.78 is 9.98. The second kappa shape index (κ2) is 11.7. The van der Waals surface area contributed by atoms with Crippen molar-refractivity contribution in [3.63, 3.8) is 0 Å². The molecule has 4 aromatic rings. The number of ether oxygens (including phenoxy) is 1. The summed E-state index contributed by atoms with van der Waals surface area (Å²) in [4.78, 5) is 63.1. The fourth-order valence-electron chi connectivity index (χ4n) is 7.75. The highest BCUT2D eigenvalue weighted by Crippen LogP contribution is 2.57. The van der Waals surface area contributed by atoms with Crippen molar-refractivity contribution < 1.29 is 14.3 Å². The first-order valence-corrected chi connectivity index (χ1v) is 16.9. The Morgan fingerprint density at radius 2 is 1.77 bits per heavy atom. The SMILES string of the molecule is COCC(=O)N1CCN(c2ccc3c(=O)n(CCc4ccc5c(c4)N(C)C(=O)C54CC4)c(CCn4nc5n(c4=O)CCC5)nc3c2)CC1. The lowest BCUT2D eigenvalue weighted by Gasteiger charge is -2.36. The summed E-state index contributed by atoms with van der Waals surface area (Å²) in [5, 5.41) is 5.09. The number of aryl methyl sites for hydroxylation is 4. The van der Waals surface area contributed by atoms with Gasteiger partial charge in [0, 0.05) is 77.6 Å². The van der Waals surface area contributed by atoms with Gasteiger partial charge in [0.15, 0.2) is 0 Å². The van der Waals surface area contributed by atoms with Crippen LogP contribution < -0.4 is 21.0 Å².